The average Bonchev–Trinajstić information content (AvgIpc) is 3.10. The first kappa shape index (κ1) is 43.4. The van der Waals surface area contributed by atoms with Gasteiger partial charge in [-0.15, -0.1) is 0 Å². The van der Waals surface area contributed by atoms with Gasteiger partial charge in [-0.2, -0.15) is 0 Å². The van der Waals surface area contributed by atoms with Crippen molar-refractivity contribution in [2.45, 2.75) is 155 Å². The van der Waals surface area contributed by atoms with Gasteiger partial charge in [-0.05, 0) is 6.92 Å². The van der Waals surface area contributed by atoms with E-state index >= 15 is 0 Å². The molecule has 23 nitrogen and oxygen atoms in total. The van der Waals surface area contributed by atoms with E-state index in [1.165, 1.54) is 6.92 Å². The molecule has 4 fully saturated rings. The van der Waals surface area contributed by atoms with Crippen molar-refractivity contribution in [1.82, 2.24) is 5.32 Å². The number of hydrogen-bond donors (Lipinski definition) is 16. The third-order valence-corrected chi connectivity index (χ3v) is 9.71. The van der Waals surface area contributed by atoms with E-state index in [1.807, 2.05) is 0 Å². The van der Waals surface area contributed by atoms with Gasteiger partial charge in [0.05, 0.1) is 31.5 Å². The van der Waals surface area contributed by atoms with E-state index in [-0.39, 0.29) is 0 Å². The lowest BCUT2D eigenvalue weighted by molar-refractivity contribution is -0.373. The molecule has 16 N–H and O–H groups in total. The Bertz CT molecular complexity index is 1160. The van der Waals surface area contributed by atoms with E-state index in [0.717, 1.165) is 6.92 Å². The number of hydrogen-bond acceptors (Lipinski definition) is 22. The molecule has 0 saturated carbocycles. The molecule has 304 valence electrons. The predicted octanol–water partition coefficient (Wildman–Crippen LogP) is -10.1. The summed E-state index contributed by atoms with van der Waals surface area (Å²) in [4.78, 5) is 11.8. The number of aliphatic hydroxyl groups excluding tert-OH is 14. The SMILES string of the molecule is CC(=O)N[C@H]1[C@H]([C@H](O)[C@H](O)CO)O[C@](O)(COC(C2O[C@H](C)[C@H](O)[C@H](O)[C@H]2O)[C@H]2O[C@@H](O[C@H]3[C@H](O)[C@@H](O)[C@@H](O)O[C@@H]3CO)[C@H](O)[C@@H](O)[C@H]2O)C[C@@H]1O. The minimum atomic E-state index is -2.64. The Kier molecular flexibility index (Phi) is 14.7. The number of nitrogens with one attached hydrogen (secondary N) is 1. The van der Waals surface area contributed by atoms with Crippen LogP contribution in [0.5, 0.6) is 0 Å². The Morgan fingerprint density at radius 2 is 1.40 bits per heavy atom. The summed E-state index contributed by atoms with van der Waals surface area (Å²) < 4.78 is 33.5. The Balaban J connectivity index is 1.66. The number of carbonyl (C=O) groups is 1. The van der Waals surface area contributed by atoms with E-state index in [9.17, 15) is 81.4 Å². The van der Waals surface area contributed by atoms with Crippen molar-refractivity contribution in [2.75, 3.05) is 19.8 Å². The summed E-state index contributed by atoms with van der Waals surface area (Å²) in [6.07, 6.45) is -38.4. The van der Waals surface area contributed by atoms with E-state index in [0.29, 0.717) is 0 Å². The van der Waals surface area contributed by atoms with Gasteiger partial charge in [0.15, 0.2) is 18.4 Å². The molecule has 0 spiro atoms. The van der Waals surface area contributed by atoms with Crippen molar-refractivity contribution in [1.29, 1.82) is 0 Å². The van der Waals surface area contributed by atoms with Crippen LogP contribution in [0, 0.1) is 0 Å². The first-order valence-corrected chi connectivity index (χ1v) is 16.6. The second kappa shape index (κ2) is 17.6. The average molecular weight is 766 g/mol. The maximum Gasteiger partial charge on any atom is 0.217 e. The monoisotopic (exact) mass is 765 g/mol. The molecule has 4 heterocycles. The minimum Gasteiger partial charge on any atom is -0.394 e. The van der Waals surface area contributed by atoms with Gasteiger partial charge in [0.25, 0.3) is 0 Å². The zero-order valence-electron chi connectivity index (χ0n) is 28.0. The van der Waals surface area contributed by atoms with Crippen molar-refractivity contribution in [3.8, 4) is 0 Å². The lowest BCUT2D eigenvalue weighted by Crippen LogP contribution is -2.70. The molecule has 4 aliphatic rings. The largest absolute Gasteiger partial charge is 0.394 e. The van der Waals surface area contributed by atoms with Crippen molar-refractivity contribution >= 4 is 5.91 Å². The van der Waals surface area contributed by atoms with Gasteiger partial charge in [0.2, 0.25) is 5.91 Å². The summed E-state index contributed by atoms with van der Waals surface area (Å²) in [6, 6.07) is -1.44. The number of aliphatic hydroxyl groups is 15. The van der Waals surface area contributed by atoms with Crippen LogP contribution in [-0.4, -0.2) is 237 Å². The Morgan fingerprint density at radius 3 is 1.98 bits per heavy atom. The van der Waals surface area contributed by atoms with E-state index in [1.54, 1.807) is 0 Å². The molecule has 0 bridgehead atoms. The summed E-state index contributed by atoms with van der Waals surface area (Å²) in [7, 11) is 0. The molecule has 22 atom stereocenters. The second-order valence-corrected chi connectivity index (χ2v) is 13.6. The van der Waals surface area contributed by atoms with Gasteiger partial charge >= 0.3 is 0 Å². The summed E-state index contributed by atoms with van der Waals surface area (Å²) in [5, 5.41) is 160. The molecule has 52 heavy (non-hydrogen) atoms. The highest BCUT2D eigenvalue weighted by molar-refractivity contribution is 5.73. The van der Waals surface area contributed by atoms with Crippen LogP contribution in [0.15, 0.2) is 0 Å². The van der Waals surface area contributed by atoms with Crippen LogP contribution in [0.1, 0.15) is 20.3 Å². The fourth-order valence-electron chi connectivity index (χ4n) is 6.77. The Morgan fingerprint density at radius 1 is 0.808 bits per heavy atom. The Labute approximate surface area is 295 Å². The molecule has 1 amide bonds. The van der Waals surface area contributed by atoms with Crippen molar-refractivity contribution in [3.63, 3.8) is 0 Å². The number of amides is 1. The molecule has 4 saturated heterocycles. The summed E-state index contributed by atoms with van der Waals surface area (Å²) >= 11 is 0. The fourth-order valence-corrected chi connectivity index (χ4v) is 6.77. The summed E-state index contributed by atoms with van der Waals surface area (Å²) in [5.74, 6) is -3.34. The maximum atomic E-state index is 11.8. The van der Waals surface area contributed by atoms with Crippen LogP contribution in [0.3, 0.4) is 0 Å². The number of ether oxygens (including phenoxy) is 6. The third kappa shape index (κ3) is 9.01. The number of rotatable bonds is 12. The number of carbonyl (C=O) groups excluding carboxylic acids is 1. The van der Waals surface area contributed by atoms with Gasteiger partial charge < -0.3 is 110 Å². The van der Waals surface area contributed by atoms with Gasteiger partial charge in [-0.25, -0.2) is 0 Å². The normalized spacial score (nSPS) is 49.2. The first-order valence-electron chi connectivity index (χ1n) is 16.6. The highest BCUT2D eigenvalue weighted by Gasteiger charge is 2.57. The predicted molar refractivity (Wildman–Crippen MR) is 161 cm³/mol. The van der Waals surface area contributed by atoms with E-state index in [2.05, 4.69) is 5.32 Å². The minimum absolute atomic E-state index is 0.701. The topological polar surface area (TPSA) is 388 Å². The van der Waals surface area contributed by atoms with Crippen molar-refractivity contribution < 1.29 is 110 Å². The van der Waals surface area contributed by atoms with Crippen LogP contribution >= 0.6 is 0 Å². The quantitative estimate of drug-likeness (QED) is 0.0877. The highest BCUT2D eigenvalue weighted by atomic mass is 16.7. The highest BCUT2D eigenvalue weighted by Crippen LogP contribution is 2.36. The maximum absolute atomic E-state index is 11.8. The zero-order chi connectivity index (χ0) is 39.0. The smallest absolute Gasteiger partial charge is 0.217 e. The molecule has 0 radical (unpaired) electrons. The lowest BCUT2D eigenvalue weighted by Gasteiger charge is -2.50. The van der Waals surface area contributed by atoms with Crippen LogP contribution in [0.25, 0.3) is 0 Å². The van der Waals surface area contributed by atoms with Crippen molar-refractivity contribution in [2.24, 2.45) is 0 Å². The van der Waals surface area contributed by atoms with Crippen LogP contribution in [0.4, 0.5) is 0 Å². The zero-order valence-corrected chi connectivity index (χ0v) is 28.0. The molecule has 4 aliphatic heterocycles. The molecule has 0 aromatic heterocycles. The van der Waals surface area contributed by atoms with Crippen molar-refractivity contribution in [3.05, 3.63) is 0 Å². The molecular weight excluding hydrogens is 714 g/mol. The Hall–Kier alpha value is -1.37. The van der Waals surface area contributed by atoms with Crippen LogP contribution in [-0.2, 0) is 33.2 Å². The summed E-state index contributed by atoms with van der Waals surface area (Å²) in [5.41, 5.74) is 0. The van der Waals surface area contributed by atoms with Gasteiger partial charge in [0, 0.05) is 13.3 Å². The van der Waals surface area contributed by atoms with E-state index in [4.69, 9.17) is 28.4 Å². The van der Waals surface area contributed by atoms with Crippen LogP contribution in [0.2, 0.25) is 0 Å². The standard InChI is InChI=1S/C29H51NO22/c1-7-13(36)15(38)17(40)24(48-7)26(47-6-29(46)3-9(34)12(30-8(2)33)23(52-29)14(37)10(35)4-31)25-18(41)16(39)21(44)28(51-25)50-22-11(5-32)49-27(45)20(43)19(22)42/h7,9-28,31-32,34-46H,3-6H2,1-2H3,(H,30,33)/t7-,9+,10-,11-,12-,13+,14-,15+,16+,17-,18-,19-,20-,21-,22-,23-,24?,25+,26?,27+,28-,29+/m1/s1. The molecule has 4 rings (SSSR count). The lowest BCUT2D eigenvalue weighted by atomic mass is 9.86. The van der Waals surface area contributed by atoms with Crippen LogP contribution < -0.4 is 5.32 Å². The molecule has 0 aliphatic carbocycles. The third-order valence-electron chi connectivity index (χ3n) is 9.71. The molecule has 23 heteroatoms. The first-order chi connectivity index (χ1) is 24.3. The molecule has 0 aromatic rings. The molecular formula is C29H51NO22. The second-order valence-electron chi connectivity index (χ2n) is 13.6. The fraction of sp³-hybridized carbons (Fsp3) is 0.966. The molecule has 2 unspecified atom stereocenters. The van der Waals surface area contributed by atoms with Gasteiger partial charge in [-0.3, -0.25) is 4.79 Å². The summed E-state index contributed by atoms with van der Waals surface area (Å²) in [6.45, 7) is -0.610. The molecule has 0 aromatic carbocycles. The van der Waals surface area contributed by atoms with Gasteiger partial charge in [0.1, 0.15) is 104 Å². The van der Waals surface area contributed by atoms with E-state index < -0.39 is 166 Å². The van der Waals surface area contributed by atoms with Gasteiger partial charge in [-0.1, -0.05) is 0 Å².